The molecule has 0 bridgehead atoms. The van der Waals surface area contributed by atoms with Gasteiger partial charge in [-0.1, -0.05) is 13.8 Å². The van der Waals surface area contributed by atoms with Gasteiger partial charge in [-0.15, -0.1) is 11.8 Å². The molecule has 1 rings (SSSR count). The van der Waals surface area contributed by atoms with Gasteiger partial charge in [0.1, 0.15) is 0 Å². The van der Waals surface area contributed by atoms with Gasteiger partial charge in [0, 0.05) is 11.8 Å². The van der Waals surface area contributed by atoms with E-state index in [2.05, 4.69) is 19.2 Å². The SMILES string of the molecule is CC(C)SC1COCCN1. The molecule has 3 heteroatoms. The predicted molar refractivity (Wildman–Crippen MR) is 45.3 cm³/mol. The average molecular weight is 161 g/mol. The average Bonchev–Trinajstić information content (AvgIpc) is 1.88. The third-order valence-electron chi connectivity index (χ3n) is 1.32. The smallest absolute Gasteiger partial charge is 0.0772 e. The van der Waals surface area contributed by atoms with Crippen LogP contribution < -0.4 is 5.32 Å². The molecule has 60 valence electrons. The minimum absolute atomic E-state index is 0.522. The van der Waals surface area contributed by atoms with Gasteiger partial charge < -0.3 is 10.1 Å². The maximum Gasteiger partial charge on any atom is 0.0772 e. The monoisotopic (exact) mass is 161 g/mol. The van der Waals surface area contributed by atoms with E-state index in [0.29, 0.717) is 10.6 Å². The molecule has 0 aromatic heterocycles. The van der Waals surface area contributed by atoms with E-state index in [1.165, 1.54) is 0 Å². The Morgan fingerprint density at radius 1 is 1.60 bits per heavy atom. The maximum absolute atomic E-state index is 5.30. The van der Waals surface area contributed by atoms with Crippen molar-refractivity contribution < 1.29 is 4.74 Å². The van der Waals surface area contributed by atoms with E-state index in [0.717, 1.165) is 19.8 Å². The summed E-state index contributed by atoms with van der Waals surface area (Å²) in [5.41, 5.74) is 0. The summed E-state index contributed by atoms with van der Waals surface area (Å²) in [6, 6.07) is 0. The zero-order valence-corrected chi connectivity index (χ0v) is 7.41. The van der Waals surface area contributed by atoms with Crippen molar-refractivity contribution in [2.75, 3.05) is 19.8 Å². The first-order valence-corrected chi connectivity index (χ1v) is 4.70. The summed E-state index contributed by atoms with van der Waals surface area (Å²) in [6.45, 7) is 7.16. The number of hydrogen-bond acceptors (Lipinski definition) is 3. The normalized spacial score (nSPS) is 27.3. The summed E-state index contributed by atoms with van der Waals surface area (Å²) in [6.07, 6.45) is 0. The Morgan fingerprint density at radius 2 is 2.40 bits per heavy atom. The third-order valence-corrected chi connectivity index (χ3v) is 2.50. The van der Waals surface area contributed by atoms with Crippen molar-refractivity contribution >= 4 is 11.8 Å². The van der Waals surface area contributed by atoms with E-state index in [9.17, 15) is 0 Å². The minimum Gasteiger partial charge on any atom is -0.378 e. The van der Waals surface area contributed by atoms with Crippen LogP contribution in [0.5, 0.6) is 0 Å². The molecular weight excluding hydrogens is 146 g/mol. The largest absolute Gasteiger partial charge is 0.378 e. The highest BCUT2D eigenvalue weighted by atomic mass is 32.2. The first-order chi connectivity index (χ1) is 4.79. The summed E-state index contributed by atoms with van der Waals surface area (Å²) in [5, 5.41) is 4.60. The Balaban J connectivity index is 2.13. The lowest BCUT2D eigenvalue weighted by molar-refractivity contribution is 0.100. The van der Waals surface area contributed by atoms with Gasteiger partial charge in [0.15, 0.2) is 0 Å². The number of hydrogen-bond donors (Lipinski definition) is 1. The number of thioether (sulfide) groups is 1. The Morgan fingerprint density at radius 3 is 2.90 bits per heavy atom. The van der Waals surface area contributed by atoms with Gasteiger partial charge in [-0.2, -0.15) is 0 Å². The van der Waals surface area contributed by atoms with E-state index in [4.69, 9.17) is 4.74 Å². The van der Waals surface area contributed by atoms with Crippen molar-refractivity contribution in [3.8, 4) is 0 Å². The molecule has 1 fully saturated rings. The van der Waals surface area contributed by atoms with Crippen LogP contribution in [0, 0.1) is 0 Å². The highest BCUT2D eigenvalue weighted by molar-refractivity contribution is 8.00. The minimum atomic E-state index is 0.522. The fourth-order valence-electron chi connectivity index (χ4n) is 0.957. The van der Waals surface area contributed by atoms with Gasteiger partial charge in [0.05, 0.1) is 18.6 Å². The van der Waals surface area contributed by atoms with Crippen LogP contribution >= 0.6 is 11.8 Å². The van der Waals surface area contributed by atoms with Gasteiger partial charge in [0.2, 0.25) is 0 Å². The van der Waals surface area contributed by atoms with Crippen LogP contribution in [0.2, 0.25) is 0 Å². The van der Waals surface area contributed by atoms with Gasteiger partial charge in [-0.05, 0) is 0 Å². The molecule has 1 heterocycles. The second-order valence-electron chi connectivity index (χ2n) is 2.70. The highest BCUT2D eigenvalue weighted by Gasteiger charge is 2.13. The molecule has 0 aromatic carbocycles. The number of rotatable bonds is 2. The molecule has 1 unspecified atom stereocenters. The molecule has 1 aliphatic heterocycles. The van der Waals surface area contributed by atoms with E-state index >= 15 is 0 Å². The molecule has 0 amide bonds. The molecule has 1 saturated heterocycles. The summed E-state index contributed by atoms with van der Waals surface area (Å²) >= 11 is 1.94. The topological polar surface area (TPSA) is 21.3 Å². The van der Waals surface area contributed by atoms with Crippen LogP contribution in [0.25, 0.3) is 0 Å². The van der Waals surface area contributed by atoms with Gasteiger partial charge in [0.25, 0.3) is 0 Å². The molecule has 0 aliphatic carbocycles. The number of nitrogens with one attached hydrogen (secondary N) is 1. The second kappa shape index (κ2) is 4.21. The molecular formula is C7H15NOS. The van der Waals surface area contributed by atoms with E-state index in [1.54, 1.807) is 0 Å². The van der Waals surface area contributed by atoms with Crippen molar-refractivity contribution in [2.45, 2.75) is 24.5 Å². The van der Waals surface area contributed by atoms with E-state index < -0.39 is 0 Å². The lowest BCUT2D eigenvalue weighted by Crippen LogP contribution is -2.39. The summed E-state index contributed by atoms with van der Waals surface area (Å²) in [7, 11) is 0. The molecule has 0 spiro atoms. The van der Waals surface area contributed by atoms with Crippen molar-refractivity contribution in [3.63, 3.8) is 0 Å². The quantitative estimate of drug-likeness (QED) is 0.654. The summed E-state index contributed by atoms with van der Waals surface area (Å²) in [4.78, 5) is 0. The van der Waals surface area contributed by atoms with Crippen LogP contribution in [0.4, 0.5) is 0 Å². The summed E-state index contributed by atoms with van der Waals surface area (Å²) < 4.78 is 5.30. The van der Waals surface area contributed by atoms with Gasteiger partial charge in [-0.3, -0.25) is 0 Å². The Hall–Kier alpha value is 0.270. The fourth-order valence-corrected chi connectivity index (χ4v) is 2.00. The molecule has 1 aliphatic rings. The van der Waals surface area contributed by atoms with Gasteiger partial charge >= 0.3 is 0 Å². The van der Waals surface area contributed by atoms with Crippen molar-refractivity contribution in [1.82, 2.24) is 5.32 Å². The lowest BCUT2D eigenvalue weighted by atomic mass is 10.5. The lowest BCUT2D eigenvalue weighted by Gasteiger charge is -2.24. The zero-order chi connectivity index (χ0) is 7.40. The Kier molecular flexibility index (Phi) is 3.52. The zero-order valence-electron chi connectivity index (χ0n) is 6.59. The van der Waals surface area contributed by atoms with Crippen LogP contribution in [0.15, 0.2) is 0 Å². The van der Waals surface area contributed by atoms with Crippen LogP contribution in [0.3, 0.4) is 0 Å². The first kappa shape index (κ1) is 8.37. The van der Waals surface area contributed by atoms with Crippen LogP contribution in [-0.4, -0.2) is 30.4 Å². The molecule has 10 heavy (non-hydrogen) atoms. The number of morpholine rings is 1. The van der Waals surface area contributed by atoms with Gasteiger partial charge in [-0.25, -0.2) is 0 Å². The van der Waals surface area contributed by atoms with Crippen molar-refractivity contribution in [3.05, 3.63) is 0 Å². The Labute approximate surface area is 66.7 Å². The predicted octanol–water partition coefficient (Wildman–Crippen LogP) is 1.07. The third kappa shape index (κ3) is 2.90. The van der Waals surface area contributed by atoms with Crippen molar-refractivity contribution in [1.29, 1.82) is 0 Å². The first-order valence-electron chi connectivity index (χ1n) is 3.75. The van der Waals surface area contributed by atoms with Crippen molar-refractivity contribution in [2.24, 2.45) is 0 Å². The van der Waals surface area contributed by atoms with Crippen LogP contribution in [0.1, 0.15) is 13.8 Å². The second-order valence-corrected chi connectivity index (χ2v) is 4.49. The molecule has 1 N–H and O–H groups in total. The molecule has 0 aromatic rings. The van der Waals surface area contributed by atoms with Crippen LogP contribution in [-0.2, 0) is 4.74 Å². The fraction of sp³-hybridized carbons (Fsp3) is 1.00. The molecule has 1 atom stereocenters. The summed E-state index contributed by atoms with van der Waals surface area (Å²) in [5.74, 6) is 0. The van der Waals surface area contributed by atoms with E-state index in [-0.39, 0.29) is 0 Å². The molecule has 0 radical (unpaired) electrons. The van der Waals surface area contributed by atoms with E-state index in [1.807, 2.05) is 11.8 Å². The highest BCUT2D eigenvalue weighted by Crippen LogP contribution is 2.16. The Bertz CT molecular complexity index is 91.6. The standard InChI is InChI=1S/C7H15NOS/c1-6(2)10-7-5-9-4-3-8-7/h6-8H,3-5H2,1-2H3. The molecule has 0 saturated carbocycles. The molecule has 2 nitrogen and oxygen atoms in total. The number of ether oxygens (including phenoxy) is 1. The maximum atomic E-state index is 5.30.